The summed E-state index contributed by atoms with van der Waals surface area (Å²) in [6.45, 7) is 0. The van der Waals surface area contributed by atoms with Crippen molar-refractivity contribution in [3.63, 3.8) is 0 Å². The van der Waals surface area contributed by atoms with Crippen LogP contribution in [0.3, 0.4) is 0 Å². The Kier molecular flexibility index (Phi) is 2.67. The molecule has 0 aliphatic rings. The van der Waals surface area contributed by atoms with Crippen LogP contribution in [-0.4, -0.2) is 11.2 Å². The molecule has 1 rings (SSSR count). The van der Waals surface area contributed by atoms with Gasteiger partial charge in [0.05, 0.1) is 5.69 Å². The smallest absolute Gasteiger partial charge is 0.426 e. The zero-order valence-electron chi connectivity index (χ0n) is 6.07. The molecule has 0 heterocycles. The molecule has 0 aliphatic carbocycles. The van der Waals surface area contributed by atoms with E-state index in [-0.39, 0.29) is 0 Å². The predicted molar refractivity (Wildman–Crippen MR) is 48.8 cm³/mol. The van der Waals surface area contributed by atoms with Crippen LogP contribution in [-0.2, 0) is 0 Å². The van der Waals surface area contributed by atoms with E-state index in [4.69, 9.17) is 10.9 Å². The van der Waals surface area contributed by atoms with E-state index in [1.807, 2.05) is 0 Å². The number of amides is 1. The van der Waals surface area contributed by atoms with Crippen molar-refractivity contribution in [1.29, 1.82) is 0 Å². The van der Waals surface area contributed by atoms with E-state index in [9.17, 15) is 4.79 Å². The topological polar surface area (TPSA) is 66.6 Å². The van der Waals surface area contributed by atoms with E-state index >= 15 is 0 Å². The zero-order valence-corrected chi connectivity index (χ0v) is 7.65. The minimum Gasteiger partial charge on any atom is -0.464 e. The van der Waals surface area contributed by atoms with Gasteiger partial charge < -0.3 is 5.11 Å². The minimum atomic E-state index is -1.18. The van der Waals surface area contributed by atoms with Crippen LogP contribution in [0.15, 0.2) is 28.7 Å². The summed E-state index contributed by atoms with van der Waals surface area (Å²) < 4.78 is 0.880. The van der Waals surface area contributed by atoms with Gasteiger partial charge in [-0.1, -0.05) is 15.9 Å². The number of benzene rings is 1. The van der Waals surface area contributed by atoms with E-state index in [1.54, 1.807) is 24.3 Å². The highest BCUT2D eigenvalue weighted by Crippen LogP contribution is 2.15. The van der Waals surface area contributed by atoms with Gasteiger partial charge in [0, 0.05) is 4.47 Å². The Bertz CT molecular complexity index is 286. The van der Waals surface area contributed by atoms with Gasteiger partial charge in [-0.3, -0.25) is 0 Å². The molecule has 1 aromatic rings. The van der Waals surface area contributed by atoms with Gasteiger partial charge in [-0.15, -0.1) is 0 Å². The Hall–Kier alpha value is -1.07. The second-order valence-electron chi connectivity index (χ2n) is 2.13. The lowest BCUT2D eigenvalue weighted by atomic mass is 10.3. The fraction of sp³-hybridized carbons (Fsp3) is 0. The molecule has 0 fully saturated rings. The van der Waals surface area contributed by atoms with Crippen molar-refractivity contribution in [1.82, 2.24) is 0 Å². The molecule has 0 unspecified atom stereocenters. The van der Waals surface area contributed by atoms with Crippen LogP contribution in [0.2, 0.25) is 0 Å². The number of hydrogen-bond donors (Lipinski definition) is 2. The predicted octanol–water partition coefficient (Wildman–Crippen LogP) is 1.81. The van der Waals surface area contributed by atoms with Crippen LogP contribution in [0.1, 0.15) is 0 Å². The standard InChI is InChI=1S/C7H7BrN2O2/c8-5-1-3-6(4-2-5)10(9)7(11)12/h1-4H,9H2,(H,11,12). The maximum Gasteiger partial charge on any atom is 0.426 e. The van der Waals surface area contributed by atoms with Gasteiger partial charge in [-0.05, 0) is 24.3 Å². The van der Waals surface area contributed by atoms with E-state index in [0.717, 1.165) is 4.47 Å². The fourth-order valence-corrected chi connectivity index (χ4v) is 0.976. The van der Waals surface area contributed by atoms with E-state index in [1.165, 1.54) is 0 Å². The highest BCUT2D eigenvalue weighted by molar-refractivity contribution is 9.10. The van der Waals surface area contributed by atoms with Crippen molar-refractivity contribution >= 4 is 27.7 Å². The summed E-state index contributed by atoms with van der Waals surface area (Å²) in [5, 5.41) is 9.15. The highest BCUT2D eigenvalue weighted by Gasteiger charge is 2.07. The summed E-state index contributed by atoms with van der Waals surface area (Å²) >= 11 is 3.22. The van der Waals surface area contributed by atoms with E-state index < -0.39 is 6.09 Å². The van der Waals surface area contributed by atoms with Gasteiger partial charge in [0.2, 0.25) is 0 Å². The molecule has 64 valence electrons. The van der Waals surface area contributed by atoms with Crippen molar-refractivity contribution < 1.29 is 9.90 Å². The van der Waals surface area contributed by atoms with Crippen molar-refractivity contribution in [2.75, 3.05) is 5.01 Å². The summed E-state index contributed by atoms with van der Waals surface area (Å²) in [6, 6.07) is 6.66. The minimum absolute atomic E-state index is 0.436. The summed E-state index contributed by atoms with van der Waals surface area (Å²) in [4.78, 5) is 10.4. The van der Waals surface area contributed by atoms with E-state index in [2.05, 4.69) is 15.9 Å². The van der Waals surface area contributed by atoms with Crippen molar-refractivity contribution in [2.24, 2.45) is 5.84 Å². The molecule has 4 nitrogen and oxygen atoms in total. The number of hydrazine groups is 1. The molecule has 1 amide bonds. The molecular formula is C7H7BrN2O2. The number of carboxylic acid groups (broad SMARTS) is 1. The molecular weight excluding hydrogens is 224 g/mol. The maximum absolute atomic E-state index is 10.4. The fourth-order valence-electron chi connectivity index (χ4n) is 0.712. The zero-order chi connectivity index (χ0) is 9.14. The molecule has 0 radical (unpaired) electrons. The Balaban J connectivity index is 2.89. The van der Waals surface area contributed by atoms with E-state index in [0.29, 0.717) is 10.7 Å². The van der Waals surface area contributed by atoms with Gasteiger partial charge in [0.25, 0.3) is 0 Å². The van der Waals surface area contributed by atoms with Crippen LogP contribution < -0.4 is 10.9 Å². The first-order chi connectivity index (χ1) is 5.61. The van der Waals surface area contributed by atoms with Gasteiger partial charge in [0.15, 0.2) is 0 Å². The molecule has 3 N–H and O–H groups in total. The first-order valence-electron chi connectivity index (χ1n) is 3.14. The Labute approximate surface area is 77.7 Å². The highest BCUT2D eigenvalue weighted by atomic mass is 79.9. The molecule has 0 aromatic heterocycles. The third-order valence-corrected chi connectivity index (χ3v) is 1.84. The molecule has 0 aliphatic heterocycles. The molecule has 0 bridgehead atoms. The van der Waals surface area contributed by atoms with Gasteiger partial charge >= 0.3 is 6.09 Å². The summed E-state index contributed by atoms with van der Waals surface area (Å²) in [5.41, 5.74) is 0.436. The van der Waals surface area contributed by atoms with Crippen molar-refractivity contribution in [2.45, 2.75) is 0 Å². The number of halogens is 1. The summed E-state index contributed by atoms with van der Waals surface area (Å²) in [6.07, 6.45) is -1.18. The number of carbonyl (C=O) groups is 1. The average molecular weight is 231 g/mol. The number of anilines is 1. The van der Waals surface area contributed by atoms with Crippen molar-refractivity contribution in [3.05, 3.63) is 28.7 Å². The number of nitrogens with zero attached hydrogens (tertiary/aromatic N) is 1. The van der Waals surface area contributed by atoms with Gasteiger partial charge in [0.1, 0.15) is 0 Å². The molecule has 0 saturated carbocycles. The van der Waals surface area contributed by atoms with Crippen LogP contribution in [0.25, 0.3) is 0 Å². The van der Waals surface area contributed by atoms with Crippen LogP contribution in [0.5, 0.6) is 0 Å². The summed E-state index contributed by atoms with van der Waals surface area (Å²) in [5.74, 6) is 5.21. The maximum atomic E-state index is 10.4. The van der Waals surface area contributed by atoms with Crippen LogP contribution in [0.4, 0.5) is 10.5 Å². The SMILES string of the molecule is NN(C(=O)O)c1ccc(Br)cc1. The summed E-state index contributed by atoms with van der Waals surface area (Å²) in [7, 11) is 0. The molecule has 12 heavy (non-hydrogen) atoms. The number of nitrogens with two attached hydrogens (primary N) is 1. The first-order valence-corrected chi connectivity index (χ1v) is 3.94. The first kappa shape index (κ1) is 9.02. The normalized spacial score (nSPS) is 9.50. The quantitative estimate of drug-likeness (QED) is 0.440. The van der Waals surface area contributed by atoms with Gasteiger partial charge in [-0.2, -0.15) is 0 Å². The van der Waals surface area contributed by atoms with Crippen LogP contribution >= 0.6 is 15.9 Å². The van der Waals surface area contributed by atoms with Gasteiger partial charge in [-0.25, -0.2) is 15.6 Å². The number of rotatable bonds is 1. The number of hydrogen-bond acceptors (Lipinski definition) is 2. The Morgan fingerprint density at radius 3 is 2.33 bits per heavy atom. The average Bonchev–Trinajstić information content (AvgIpc) is 2.04. The third-order valence-electron chi connectivity index (χ3n) is 1.31. The lowest BCUT2D eigenvalue weighted by Crippen LogP contribution is -2.35. The monoisotopic (exact) mass is 230 g/mol. The third kappa shape index (κ3) is 1.96. The van der Waals surface area contributed by atoms with Crippen molar-refractivity contribution in [3.8, 4) is 0 Å². The lowest BCUT2D eigenvalue weighted by Gasteiger charge is -2.11. The lowest BCUT2D eigenvalue weighted by molar-refractivity contribution is 0.202. The molecule has 0 saturated heterocycles. The van der Waals surface area contributed by atoms with Crippen LogP contribution in [0, 0.1) is 0 Å². The Morgan fingerprint density at radius 2 is 1.92 bits per heavy atom. The molecule has 0 spiro atoms. The largest absolute Gasteiger partial charge is 0.464 e. The second kappa shape index (κ2) is 3.55. The Morgan fingerprint density at radius 1 is 1.42 bits per heavy atom. The molecule has 5 heteroatoms. The second-order valence-corrected chi connectivity index (χ2v) is 3.04. The molecule has 1 aromatic carbocycles. The molecule has 0 atom stereocenters.